The molecule has 0 bridgehead atoms. The maximum Gasteiger partial charge on any atom is 0.262 e. The monoisotopic (exact) mass is 729 g/mol. The van der Waals surface area contributed by atoms with Crippen molar-refractivity contribution in [2.24, 2.45) is 23.2 Å². The molecule has 14 heteroatoms. The summed E-state index contributed by atoms with van der Waals surface area (Å²) in [5, 5.41) is 25.0. The van der Waals surface area contributed by atoms with E-state index in [0.717, 1.165) is 79.1 Å². The molecule has 7 heterocycles. The third-order valence-corrected chi connectivity index (χ3v) is 13.9. The molecule has 4 amide bonds. The first-order chi connectivity index (χ1) is 26.2. The number of anilines is 3. The molecule has 0 radical (unpaired) electrons. The van der Waals surface area contributed by atoms with Crippen molar-refractivity contribution in [3.05, 3.63) is 59.7 Å². The van der Waals surface area contributed by atoms with Crippen LogP contribution in [-0.2, 0) is 9.59 Å². The number of nitrogens with zero attached hydrogens (tertiary/aromatic N) is 7. The molecule has 2 unspecified atom stereocenters. The molecular formula is C40H43N9O5. The quantitative estimate of drug-likeness (QED) is 0.318. The number of imide groups is 2. The van der Waals surface area contributed by atoms with Gasteiger partial charge in [-0.15, -0.1) is 10.2 Å². The Balaban J connectivity index is 0.654. The third-order valence-electron chi connectivity index (χ3n) is 13.9. The molecule has 2 aliphatic carbocycles. The Labute approximate surface area is 312 Å². The van der Waals surface area contributed by atoms with E-state index in [1.807, 2.05) is 30.3 Å². The predicted octanol–water partition coefficient (Wildman–Crippen LogP) is 2.01. The van der Waals surface area contributed by atoms with E-state index in [0.29, 0.717) is 39.9 Å². The first kappa shape index (κ1) is 32.4. The summed E-state index contributed by atoms with van der Waals surface area (Å²) in [5.41, 5.74) is 4.41. The Morgan fingerprint density at radius 1 is 0.852 bits per heavy atom. The highest BCUT2D eigenvalue weighted by Crippen LogP contribution is 2.57. The fourth-order valence-electron chi connectivity index (χ4n) is 10.9. The molecule has 5 atom stereocenters. The predicted molar refractivity (Wildman–Crippen MR) is 198 cm³/mol. The molecule has 54 heavy (non-hydrogen) atoms. The lowest BCUT2D eigenvalue weighted by molar-refractivity contribution is -0.136. The van der Waals surface area contributed by atoms with Crippen molar-refractivity contribution in [3.8, 4) is 17.0 Å². The summed E-state index contributed by atoms with van der Waals surface area (Å²) >= 11 is 0. The number of piperidine rings is 2. The van der Waals surface area contributed by atoms with E-state index in [4.69, 9.17) is 0 Å². The van der Waals surface area contributed by atoms with Crippen molar-refractivity contribution >= 4 is 40.8 Å². The lowest BCUT2D eigenvalue weighted by Crippen LogP contribution is -2.66. The van der Waals surface area contributed by atoms with Gasteiger partial charge in [0.15, 0.2) is 5.82 Å². The van der Waals surface area contributed by atoms with Crippen LogP contribution in [-0.4, -0.2) is 131 Å². The molecule has 8 aliphatic rings. The summed E-state index contributed by atoms with van der Waals surface area (Å²) in [7, 11) is 0. The molecule has 3 N–H and O–H groups in total. The number of carbonyl (C=O) groups is 4. The molecule has 11 rings (SSSR count). The number of aromatic nitrogens is 2. The number of carbonyl (C=O) groups excluding carboxylic acids is 4. The van der Waals surface area contributed by atoms with Gasteiger partial charge in [0, 0.05) is 88.0 Å². The van der Waals surface area contributed by atoms with E-state index in [1.165, 1.54) is 32.5 Å². The number of rotatable bonds is 6. The van der Waals surface area contributed by atoms with E-state index in [2.05, 4.69) is 46.5 Å². The lowest BCUT2D eigenvalue weighted by Gasteiger charge is -2.61. The second-order valence-corrected chi connectivity index (χ2v) is 17.0. The van der Waals surface area contributed by atoms with Crippen LogP contribution in [0.3, 0.4) is 0 Å². The zero-order valence-corrected chi connectivity index (χ0v) is 30.0. The zero-order chi connectivity index (χ0) is 36.5. The summed E-state index contributed by atoms with van der Waals surface area (Å²) in [6, 6.07) is 14.9. The smallest absolute Gasteiger partial charge is 0.262 e. The molecule has 1 aromatic heterocycles. The van der Waals surface area contributed by atoms with Gasteiger partial charge < -0.3 is 20.2 Å². The lowest BCUT2D eigenvalue weighted by atomic mass is 9.60. The van der Waals surface area contributed by atoms with Crippen molar-refractivity contribution in [3.63, 3.8) is 0 Å². The minimum absolute atomic E-state index is 0.111. The number of amides is 4. The number of hydrogen-bond donors (Lipinski definition) is 3. The largest absolute Gasteiger partial charge is 0.507 e. The summed E-state index contributed by atoms with van der Waals surface area (Å²) in [5.74, 6) is 1.57. The first-order valence-corrected chi connectivity index (χ1v) is 19.5. The number of piperazine rings is 1. The number of benzene rings is 2. The summed E-state index contributed by atoms with van der Waals surface area (Å²) in [6.45, 7) is 9.43. The number of fused-ring (bicyclic) bond motifs is 5. The molecule has 2 aromatic carbocycles. The average Bonchev–Trinajstić information content (AvgIpc) is 3.44. The standard InChI is InChI=1S/C40H43N9O5/c50-34-4-2-1-3-26(34)31-12-33-36(44-43-31)41-15-24-16-45(9-10-48(24)33)17-28-29-18-46(19-30(28)29)23-13-40(14-23)20-47(21-40)22-5-6-25-27(11-22)39(54)49(38(25)53)32-7-8-35(51)42-37(32)52/h1-6,11-12,23-24,28-30,32,50H,7-10,13-21H2,(H,41,44)(H,42,51,52)/t24-,28?,29-,30+,32?/m0/s1. The number of para-hydroxylation sites is 1. The van der Waals surface area contributed by atoms with E-state index in [1.54, 1.807) is 12.1 Å². The van der Waals surface area contributed by atoms with Gasteiger partial charge in [0.25, 0.3) is 11.8 Å². The van der Waals surface area contributed by atoms with Gasteiger partial charge in [-0.25, -0.2) is 0 Å². The SMILES string of the molecule is O=C1CCC(N2C(=O)c3ccc(N4CC5(CC(N6C[C@@H]7C(CN8CCN9c%10cc(-c%11ccccc%11O)nnc%10NC[C@H]9C8)[C@@H]7C6)C5)C4)cc3C2=O)C(=O)N1. The Bertz CT molecular complexity index is 2120. The highest BCUT2D eigenvalue weighted by Gasteiger charge is 2.61. The molecule has 6 fully saturated rings. The summed E-state index contributed by atoms with van der Waals surface area (Å²) < 4.78 is 0. The Morgan fingerprint density at radius 3 is 2.44 bits per heavy atom. The van der Waals surface area contributed by atoms with Crippen LogP contribution >= 0.6 is 0 Å². The highest BCUT2D eigenvalue weighted by molar-refractivity contribution is 6.23. The number of phenols is 1. The van der Waals surface area contributed by atoms with Crippen LogP contribution in [0.25, 0.3) is 11.3 Å². The normalized spacial score (nSPS) is 29.9. The Morgan fingerprint density at radius 2 is 1.65 bits per heavy atom. The van der Waals surface area contributed by atoms with Gasteiger partial charge in [-0.1, -0.05) is 12.1 Å². The van der Waals surface area contributed by atoms with Crippen molar-refractivity contribution in [1.29, 1.82) is 0 Å². The molecule has 1 spiro atoms. The Hall–Kier alpha value is -5.08. The van der Waals surface area contributed by atoms with Gasteiger partial charge >= 0.3 is 0 Å². The third kappa shape index (κ3) is 4.98. The van der Waals surface area contributed by atoms with E-state index in [-0.39, 0.29) is 24.5 Å². The fourth-order valence-corrected chi connectivity index (χ4v) is 10.9. The molecule has 6 aliphatic heterocycles. The number of hydrogen-bond acceptors (Lipinski definition) is 12. The van der Waals surface area contributed by atoms with Crippen molar-refractivity contribution in [1.82, 2.24) is 30.2 Å². The number of likely N-dealkylation sites (tertiary alicyclic amines) is 1. The molecule has 3 aromatic rings. The average molecular weight is 730 g/mol. The van der Waals surface area contributed by atoms with Crippen molar-refractivity contribution in [2.75, 3.05) is 74.0 Å². The molecule has 2 saturated carbocycles. The van der Waals surface area contributed by atoms with Gasteiger partial charge in [-0.05, 0) is 73.4 Å². The molecule has 4 saturated heterocycles. The Kier molecular flexibility index (Phi) is 7.02. The molecule has 14 nitrogen and oxygen atoms in total. The topological polar surface area (TPSA) is 155 Å². The van der Waals surface area contributed by atoms with Gasteiger partial charge in [0.2, 0.25) is 11.8 Å². The van der Waals surface area contributed by atoms with Crippen LogP contribution < -0.4 is 20.4 Å². The minimum atomic E-state index is -0.947. The van der Waals surface area contributed by atoms with Crippen LogP contribution in [0.15, 0.2) is 48.5 Å². The van der Waals surface area contributed by atoms with Crippen LogP contribution in [0.1, 0.15) is 46.4 Å². The van der Waals surface area contributed by atoms with Crippen molar-refractivity contribution < 1.29 is 24.3 Å². The number of aromatic hydroxyl groups is 1. The highest BCUT2D eigenvalue weighted by atomic mass is 16.3. The summed E-state index contributed by atoms with van der Waals surface area (Å²) in [4.78, 5) is 61.7. The second-order valence-electron chi connectivity index (χ2n) is 17.0. The van der Waals surface area contributed by atoms with Crippen LogP contribution in [0.2, 0.25) is 0 Å². The second kappa shape index (κ2) is 11.7. The summed E-state index contributed by atoms with van der Waals surface area (Å²) in [6.07, 6.45) is 2.70. The zero-order valence-electron chi connectivity index (χ0n) is 30.0. The van der Waals surface area contributed by atoms with Crippen LogP contribution in [0.5, 0.6) is 5.75 Å². The van der Waals surface area contributed by atoms with Crippen LogP contribution in [0.4, 0.5) is 17.2 Å². The maximum atomic E-state index is 13.3. The van der Waals surface area contributed by atoms with Gasteiger partial charge in [0.05, 0.1) is 28.6 Å². The first-order valence-electron chi connectivity index (χ1n) is 19.5. The maximum absolute atomic E-state index is 13.3. The van der Waals surface area contributed by atoms with E-state index >= 15 is 0 Å². The number of nitrogens with one attached hydrogen (secondary N) is 2. The number of phenolic OH excluding ortho intramolecular Hbond substituents is 1. The van der Waals surface area contributed by atoms with Gasteiger partial charge in [-0.2, -0.15) is 0 Å². The van der Waals surface area contributed by atoms with Crippen molar-refractivity contribution in [2.45, 2.75) is 43.8 Å². The van der Waals surface area contributed by atoms with Gasteiger partial charge in [-0.3, -0.25) is 39.2 Å². The minimum Gasteiger partial charge on any atom is -0.507 e. The molecule has 278 valence electrons. The fraction of sp³-hybridized carbons (Fsp3) is 0.500. The van der Waals surface area contributed by atoms with E-state index in [9.17, 15) is 24.3 Å². The van der Waals surface area contributed by atoms with E-state index < -0.39 is 23.8 Å². The van der Waals surface area contributed by atoms with Gasteiger partial charge in [0.1, 0.15) is 11.8 Å². The van der Waals surface area contributed by atoms with Crippen LogP contribution in [0, 0.1) is 23.2 Å². The molecular weight excluding hydrogens is 686 g/mol.